The van der Waals surface area contributed by atoms with Crippen LogP contribution in [0.15, 0.2) is 82.4 Å². The summed E-state index contributed by atoms with van der Waals surface area (Å²) in [6, 6.07) is 19.1. The lowest BCUT2D eigenvalue weighted by atomic mass is 10.0. The number of anilines is 4. The first kappa shape index (κ1) is 29.7. The highest BCUT2D eigenvalue weighted by atomic mass is 16.5. The Labute approximate surface area is 250 Å². The SMILES string of the molecule is COCCn1c(N)c(N(Cc2ccccc2)C(=O)c2ccc3c(c2)C(=O)N(c2ccc(NC(C)=O)cc2)C3=O)c(=O)[nH]c1=O. The van der Waals surface area contributed by atoms with Crippen LogP contribution >= 0.6 is 0 Å². The number of carbonyl (C=O) groups is 4. The summed E-state index contributed by atoms with van der Waals surface area (Å²) in [6.07, 6.45) is 0. The molecule has 4 N–H and O–H groups in total. The molecule has 44 heavy (non-hydrogen) atoms. The molecule has 1 aliphatic heterocycles. The molecule has 0 aliphatic carbocycles. The van der Waals surface area contributed by atoms with Gasteiger partial charge in [0.25, 0.3) is 23.3 Å². The number of nitrogens with zero attached hydrogens (tertiary/aromatic N) is 3. The van der Waals surface area contributed by atoms with E-state index in [1.54, 1.807) is 42.5 Å². The van der Waals surface area contributed by atoms with Gasteiger partial charge in [0.2, 0.25) is 5.91 Å². The third kappa shape index (κ3) is 5.63. The second-order valence-corrected chi connectivity index (χ2v) is 9.95. The topological polar surface area (TPSA) is 177 Å². The van der Waals surface area contributed by atoms with Crippen molar-refractivity contribution in [1.82, 2.24) is 9.55 Å². The number of hydrogen-bond acceptors (Lipinski definition) is 8. The normalized spacial score (nSPS) is 12.3. The van der Waals surface area contributed by atoms with Gasteiger partial charge < -0.3 is 15.8 Å². The van der Waals surface area contributed by atoms with Crippen LogP contribution in [0.2, 0.25) is 0 Å². The number of hydrogen-bond donors (Lipinski definition) is 3. The van der Waals surface area contributed by atoms with Crippen molar-refractivity contribution in [2.75, 3.05) is 34.6 Å². The molecule has 0 bridgehead atoms. The maximum absolute atomic E-state index is 14.1. The van der Waals surface area contributed by atoms with E-state index in [1.165, 1.54) is 44.4 Å². The fraction of sp³-hybridized carbons (Fsp3) is 0.161. The van der Waals surface area contributed by atoms with Crippen LogP contribution in [0.1, 0.15) is 43.6 Å². The molecule has 0 fully saturated rings. The summed E-state index contributed by atoms with van der Waals surface area (Å²) in [5, 5.41) is 2.62. The minimum atomic E-state index is -0.869. The lowest BCUT2D eigenvalue weighted by Gasteiger charge is -2.25. The van der Waals surface area contributed by atoms with Gasteiger partial charge >= 0.3 is 5.69 Å². The molecule has 1 aromatic heterocycles. The van der Waals surface area contributed by atoms with E-state index in [1.807, 2.05) is 0 Å². The Bertz CT molecular complexity index is 1900. The molecular formula is C31H28N6O7. The predicted octanol–water partition coefficient (Wildman–Crippen LogP) is 2.37. The van der Waals surface area contributed by atoms with Crippen molar-refractivity contribution < 1.29 is 23.9 Å². The highest BCUT2D eigenvalue weighted by Crippen LogP contribution is 2.31. The summed E-state index contributed by atoms with van der Waals surface area (Å²) in [4.78, 5) is 82.1. The van der Waals surface area contributed by atoms with Gasteiger partial charge in [0, 0.05) is 25.3 Å². The average molecular weight is 597 g/mol. The summed E-state index contributed by atoms with van der Waals surface area (Å²) in [5.74, 6) is -2.42. The van der Waals surface area contributed by atoms with Gasteiger partial charge in [-0.2, -0.15) is 0 Å². The number of aromatic amines is 1. The zero-order valence-corrected chi connectivity index (χ0v) is 23.8. The quantitative estimate of drug-likeness (QED) is 0.247. The smallest absolute Gasteiger partial charge is 0.330 e. The highest BCUT2D eigenvalue weighted by Gasteiger charge is 2.38. The lowest BCUT2D eigenvalue weighted by molar-refractivity contribution is -0.114. The van der Waals surface area contributed by atoms with Crippen molar-refractivity contribution in [2.45, 2.75) is 20.0 Å². The first-order valence-corrected chi connectivity index (χ1v) is 13.5. The van der Waals surface area contributed by atoms with Crippen molar-refractivity contribution in [2.24, 2.45) is 0 Å². The summed E-state index contributed by atoms with van der Waals surface area (Å²) in [5.41, 5.74) is 5.97. The number of rotatable bonds is 9. The van der Waals surface area contributed by atoms with Crippen LogP contribution in [0.5, 0.6) is 0 Å². The van der Waals surface area contributed by atoms with Crippen LogP contribution in [0.25, 0.3) is 0 Å². The second-order valence-electron chi connectivity index (χ2n) is 9.95. The Balaban J connectivity index is 1.54. The number of fused-ring (bicyclic) bond motifs is 1. The molecule has 224 valence electrons. The molecule has 5 rings (SSSR count). The molecule has 4 amide bonds. The van der Waals surface area contributed by atoms with Crippen LogP contribution in [0.4, 0.5) is 22.9 Å². The fourth-order valence-electron chi connectivity index (χ4n) is 4.92. The Morgan fingerprint density at radius 2 is 1.61 bits per heavy atom. The van der Waals surface area contributed by atoms with Gasteiger partial charge in [-0.25, -0.2) is 9.69 Å². The van der Waals surface area contributed by atoms with Crippen molar-refractivity contribution in [3.05, 3.63) is 116 Å². The van der Waals surface area contributed by atoms with Crippen LogP contribution in [-0.4, -0.2) is 46.9 Å². The Morgan fingerprint density at radius 3 is 2.27 bits per heavy atom. The Hall–Kier alpha value is -5.82. The van der Waals surface area contributed by atoms with E-state index < -0.39 is 29.0 Å². The molecule has 0 unspecified atom stereocenters. The number of nitrogens with one attached hydrogen (secondary N) is 2. The zero-order chi connectivity index (χ0) is 31.5. The molecule has 13 nitrogen and oxygen atoms in total. The number of methoxy groups -OCH3 is 1. The lowest BCUT2D eigenvalue weighted by Crippen LogP contribution is -2.41. The molecular weight excluding hydrogens is 568 g/mol. The summed E-state index contributed by atoms with van der Waals surface area (Å²) in [7, 11) is 1.45. The van der Waals surface area contributed by atoms with Crippen molar-refractivity contribution >= 4 is 46.5 Å². The second kappa shape index (κ2) is 12.2. The molecule has 1 aliphatic rings. The van der Waals surface area contributed by atoms with E-state index in [2.05, 4.69) is 10.3 Å². The van der Waals surface area contributed by atoms with Gasteiger partial charge in [-0.3, -0.25) is 38.4 Å². The number of H-pyrrole nitrogens is 1. The van der Waals surface area contributed by atoms with Gasteiger partial charge in [-0.1, -0.05) is 30.3 Å². The predicted molar refractivity (Wildman–Crippen MR) is 163 cm³/mol. The molecule has 0 saturated heterocycles. The van der Waals surface area contributed by atoms with Crippen LogP contribution in [0.3, 0.4) is 0 Å². The van der Waals surface area contributed by atoms with E-state index in [-0.39, 0.29) is 59.5 Å². The standard InChI is InChI=1S/C31H28N6O7/c1-18(38)33-21-9-11-22(12-10-21)37-29(41)23-13-8-20(16-24(23)30(37)42)28(40)36(17-19-6-4-3-5-7-19)25-26(32)35(14-15-44-2)31(43)34-27(25)39/h3-13,16H,14-15,17,32H2,1-2H3,(H,33,38)(H,34,39,43). The molecule has 13 heteroatoms. The zero-order valence-electron chi connectivity index (χ0n) is 23.8. The number of ether oxygens (including phenoxy) is 1. The number of carbonyl (C=O) groups excluding carboxylic acids is 4. The Kier molecular flexibility index (Phi) is 8.22. The van der Waals surface area contributed by atoms with Crippen molar-refractivity contribution in [3.8, 4) is 0 Å². The van der Waals surface area contributed by atoms with Crippen LogP contribution in [-0.2, 0) is 22.6 Å². The van der Waals surface area contributed by atoms with Crippen LogP contribution in [0, 0.1) is 0 Å². The third-order valence-corrected chi connectivity index (χ3v) is 7.01. The van der Waals surface area contributed by atoms with Crippen molar-refractivity contribution in [1.29, 1.82) is 0 Å². The monoisotopic (exact) mass is 596 g/mol. The van der Waals surface area contributed by atoms with E-state index in [0.29, 0.717) is 11.3 Å². The van der Waals surface area contributed by atoms with Crippen molar-refractivity contribution in [3.63, 3.8) is 0 Å². The number of imide groups is 1. The van der Waals surface area contributed by atoms with Gasteiger partial charge in [-0.15, -0.1) is 0 Å². The molecule has 4 aromatic rings. The fourth-order valence-corrected chi connectivity index (χ4v) is 4.92. The number of amides is 4. The molecule has 3 aromatic carbocycles. The number of nitrogen functional groups attached to an aromatic ring is 1. The maximum atomic E-state index is 14.1. The number of benzene rings is 3. The molecule has 0 spiro atoms. The Morgan fingerprint density at radius 1 is 0.932 bits per heavy atom. The highest BCUT2D eigenvalue weighted by molar-refractivity contribution is 6.34. The van der Waals surface area contributed by atoms with E-state index in [9.17, 15) is 28.8 Å². The van der Waals surface area contributed by atoms with E-state index in [4.69, 9.17) is 10.5 Å². The average Bonchev–Trinajstić information content (AvgIpc) is 3.25. The first-order chi connectivity index (χ1) is 21.1. The third-order valence-electron chi connectivity index (χ3n) is 7.01. The summed E-state index contributed by atoms with van der Waals surface area (Å²) < 4.78 is 6.16. The number of aromatic nitrogens is 2. The first-order valence-electron chi connectivity index (χ1n) is 13.5. The molecule has 2 heterocycles. The van der Waals surface area contributed by atoms with Gasteiger partial charge in [0.05, 0.1) is 36.5 Å². The summed E-state index contributed by atoms with van der Waals surface area (Å²) in [6.45, 7) is 1.41. The van der Waals surface area contributed by atoms with Gasteiger partial charge in [0.15, 0.2) is 5.69 Å². The van der Waals surface area contributed by atoms with Crippen LogP contribution < -0.4 is 32.1 Å². The molecule has 0 radical (unpaired) electrons. The maximum Gasteiger partial charge on any atom is 0.330 e. The van der Waals surface area contributed by atoms with Gasteiger partial charge in [-0.05, 0) is 48.0 Å². The van der Waals surface area contributed by atoms with E-state index in [0.717, 1.165) is 14.4 Å². The van der Waals surface area contributed by atoms with E-state index >= 15 is 0 Å². The largest absolute Gasteiger partial charge is 0.383 e. The van der Waals surface area contributed by atoms with Gasteiger partial charge in [0.1, 0.15) is 5.82 Å². The summed E-state index contributed by atoms with van der Waals surface area (Å²) >= 11 is 0. The minimum Gasteiger partial charge on any atom is -0.383 e. The molecule has 0 atom stereocenters. The number of nitrogens with two attached hydrogens (primary N) is 1. The minimum absolute atomic E-state index is 0.00149. The molecule has 0 saturated carbocycles.